The summed E-state index contributed by atoms with van der Waals surface area (Å²) in [4.78, 5) is 35.1. The molecule has 1 aromatic carbocycles. The van der Waals surface area contributed by atoms with E-state index >= 15 is 0 Å². The molecule has 0 aliphatic carbocycles. The predicted octanol–water partition coefficient (Wildman–Crippen LogP) is 1.06. The number of hydrogen-bond acceptors (Lipinski definition) is 6. The molecule has 0 saturated carbocycles. The Hall–Kier alpha value is -2.41. The normalized spacial score (nSPS) is 12.8. The minimum Gasteiger partial charge on any atom is -0.469 e. The second-order valence-electron chi connectivity index (χ2n) is 5.30. The molecule has 1 aromatic rings. The van der Waals surface area contributed by atoms with Gasteiger partial charge in [0.15, 0.2) is 0 Å². The predicted molar refractivity (Wildman–Crippen MR) is 85.8 cm³/mol. The molecule has 24 heavy (non-hydrogen) atoms. The highest BCUT2D eigenvalue weighted by atomic mass is 16.5. The fraction of sp³-hybridized carbons (Fsp3) is 0.471. The maximum absolute atomic E-state index is 12.0. The minimum atomic E-state index is -0.943. The lowest BCUT2D eigenvalue weighted by Crippen LogP contribution is -2.47. The molecule has 1 N–H and O–H groups in total. The van der Waals surface area contributed by atoms with Crippen molar-refractivity contribution in [1.82, 2.24) is 5.32 Å². The Kier molecular flexibility index (Phi) is 8.49. The van der Waals surface area contributed by atoms with Gasteiger partial charge in [0, 0.05) is 0 Å². The van der Waals surface area contributed by atoms with Gasteiger partial charge in [-0.15, -0.1) is 0 Å². The van der Waals surface area contributed by atoms with E-state index in [-0.39, 0.29) is 19.6 Å². The second-order valence-corrected chi connectivity index (χ2v) is 5.30. The number of rotatable bonds is 9. The highest BCUT2D eigenvalue weighted by Crippen LogP contribution is 2.11. The Labute approximate surface area is 141 Å². The van der Waals surface area contributed by atoms with E-state index in [0.717, 1.165) is 5.56 Å². The van der Waals surface area contributed by atoms with Gasteiger partial charge in [-0.3, -0.25) is 9.59 Å². The molecule has 0 fully saturated rings. The smallest absolute Gasteiger partial charge is 0.328 e. The van der Waals surface area contributed by atoms with Crippen molar-refractivity contribution >= 4 is 17.8 Å². The molecular weight excluding hydrogens is 314 g/mol. The first-order valence-electron chi connectivity index (χ1n) is 7.53. The van der Waals surface area contributed by atoms with Crippen LogP contribution < -0.4 is 5.32 Å². The molecule has 0 radical (unpaired) electrons. The van der Waals surface area contributed by atoms with Gasteiger partial charge >= 0.3 is 11.9 Å². The zero-order chi connectivity index (χ0) is 17.9. The molecule has 0 aliphatic heterocycles. The van der Waals surface area contributed by atoms with Crippen LogP contribution in [0.3, 0.4) is 0 Å². The van der Waals surface area contributed by atoms with Gasteiger partial charge in [0.05, 0.1) is 27.2 Å². The van der Waals surface area contributed by atoms with Crippen LogP contribution >= 0.6 is 0 Å². The molecule has 0 aromatic heterocycles. The van der Waals surface area contributed by atoms with E-state index < -0.39 is 29.8 Å². The van der Waals surface area contributed by atoms with Gasteiger partial charge in [0.2, 0.25) is 5.91 Å². The van der Waals surface area contributed by atoms with E-state index in [9.17, 15) is 14.4 Å². The van der Waals surface area contributed by atoms with Crippen molar-refractivity contribution in [2.45, 2.75) is 26.0 Å². The monoisotopic (exact) mass is 337 g/mol. The number of hydrogen-bond donors (Lipinski definition) is 1. The number of ether oxygens (including phenoxy) is 3. The van der Waals surface area contributed by atoms with E-state index in [1.807, 2.05) is 30.3 Å². The summed E-state index contributed by atoms with van der Waals surface area (Å²) < 4.78 is 14.6. The average Bonchev–Trinajstić information content (AvgIpc) is 2.59. The number of amides is 1. The molecule has 0 aliphatic rings. The van der Waals surface area contributed by atoms with Crippen LogP contribution in [0.15, 0.2) is 30.3 Å². The van der Waals surface area contributed by atoms with Crippen LogP contribution in [0.5, 0.6) is 0 Å². The Balaban J connectivity index is 2.51. The van der Waals surface area contributed by atoms with E-state index in [1.54, 1.807) is 6.92 Å². The van der Waals surface area contributed by atoms with Crippen LogP contribution in [-0.4, -0.2) is 44.7 Å². The molecule has 0 bridgehead atoms. The van der Waals surface area contributed by atoms with Crippen molar-refractivity contribution in [1.29, 1.82) is 0 Å². The van der Waals surface area contributed by atoms with Gasteiger partial charge < -0.3 is 19.5 Å². The summed E-state index contributed by atoms with van der Waals surface area (Å²) in [6.07, 6.45) is -0.0125. The molecular formula is C17H23NO6. The fourth-order valence-corrected chi connectivity index (χ4v) is 2.08. The van der Waals surface area contributed by atoms with Gasteiger partial charge in [-0.1, -0.05) is 37.3 Å². The van der Waals surface area contributed by atoms with Crippen molar-refractivity contribution in [3.8, 4) is 0 Å². The molecule has 2 atom stereocenters. The molecule has 0 spiro atoms. The number of carbonyl (C=O) groups excluding carboxylic acids is 3. The van der Waals surface area contributed by atoms with Crippen molar-refractivity contribution < 1.29 is 28.6 Å². The highest BCUT2D eigenvalue weighted by Gasteiger charge is 2.29. The topological polar surface area (TPSA) is 90.9 Å². The standard InChI is InChI=1S/C17H23NO6/c1-12(9-15(20)22-2)16(17(21)23-3)18-14(19)11-24-10-13-7-5-4-6-8-13/h4-8,12,16H,9-11H2,1-3H3,(H,18,19)/t12-,16+/m0/s1. The number of esters is 2. The maximum atomic E-state index is 12.0. The lowest BCUT2D eigenvalue weighted by atomic mass is 9.98. The third-order valence-electron chi connectivity index (χ3n) is 3.40. The molecule has 0 saturated heterocycles. The molecule has 1 amide bonds. The SMILES string of the molecule is COC(=O)C[C@H](C)[C@@H](NC(=O)COCc1ccccc1)C(=O)OC. The minimum absolute atomic E-state index is 0.0125. The largest absolute Gasteiger partial charge is 0.469 e. The lowest BCUT2D eigenvalue weighted by molar-refractivity contribution is -0.149. The Morgan fingerprint density at radius 1 is 1.08 bits per heavy atom. The van der Waals surface area contributed by atoms with Crippen LogP contribution in [0.2, 0.25) is 0 Å². The summed E-state index contributed by atoms with van der Waals surface area (Å²) in [5.41, 5.74) is 0.939. The number of carbonyl (C=O) groups is 3. The molecule has 132 valence electrons. The zero-order valence-electron chi connectivity index (χ0n) is 14.1. The molecule has 7 nitrogen and oxygen atoms in total. The summed E-state index contributed by atoms with van der Waals surface area (Å²) in [5, 5.41) is 2.54. The third kappa shape index (κ3) is 6.78. The zero-order valence-corrected chi connectivity index (χ0v) is 14.1. The first-order chi connectivity index (χ1) is 11.5. The molecule has 1 rings (SSSR count). The number of benzene rings is 1. The Bertz CT molecular complexity index is 545. The summed E-state index contributed by atoms with van der Waals surface area (Å²) in [6, 6.07) is 8.46. The van der Waals surface area contributed by atoms with Crippen LogP contribution in [0, 0.1) is 5.92 Å². The lowest BCUT2D eigenvalue weighted by Gasteiger charge is -2.22. The van der Waals surface area contributed by atoms with E-state index in [1.165, 1.54) is 14.2 Å². The van der Waals surface area contributed by atoms with Gasteiger partial charge in [-0.05, 0) is 11.5 Å². The van der Waals surface area contributed by atoms with Crippen molar-refractivity contribution in [2.75, 3.05) is 20.8 Å². The van der Waals surface area contributed by atoms with Crippen LogP contribution in [0.1, 0.15) is 18.9 Å². The number of methoxy groups -OCH3 is 2. The van der Waals surface area contributed by atoms with Crippen molar-refractivity contribution in [3.63, 3.8) is 0 Å². The molecule has 0 unspecified atom stereocenters. The molecule has 7 heteroatoms. The second kappa shape index (κ2) is 10.4. The summed E-state index contributed by atoms with van der Waals surface area (Å²) in [6.45, 7) is 1.74. The van der Waals surface area contributed by atoms with Crippen LogP contribution in [0.4, 0.5) is 0 Å². The summed E-state index contributed by atoms with van der Waals surface area (Å²) in [5.74, 6) is -2.02. The van der Waals surface area contributed by atoms with Gasteiger partial charge in [0.25, 0.3) is 0 Å². The van der Waals surface area contributed by atoms with E-state index in [4.69, 9.17) is 4.74 Å². The first-order valence-corrected chi connectivity index (χ1v) is 7.53. The summed E-state index contributed by atoms with van der Waals surface area (Å²) in [7, 11) is 2.48. The third-order valence-corrected chi connectivity index (χ3v) is 3.40. The fourth-order valence-electron chi connectivity index (χ4n) is 2.08. The summed E-state index contributed by atoms with van der Waals surface area (Å²) >= 11 is 0. The number of nitrogens with one attached hydrogen (secondary N) is 1. The highest BCUT2D eigenvalue weighted by molar-refractivity contribution is 5.85. The van der Waals surface area contributed by atoms with Crippen LogP contribution in [-0.2, 0) is 35.2 Å². The van der Waals surface area contributed by atoms with Gasteiger partial charge in [-0.2, -0.15) is 0 Å². The van der Waals surface area contributed by atoms with Gasteiger partial charge in [0.1, 0.15) is 12.6 Å². The average molecular weight is 337 g/mol. The van der Waals surface area contributed by atoms with E-state index in [2.05, 4.69) is 14.8 Å². The molecule has 0 heterocycles. The van der Waals surface area contributed by atoms with Gasteiger partial charge in [-0.25, -0.2) is 4.79 Å². The van der Waals surface area contributed by atoms with Crippen LogP contribution in [0.25, 0.3) is 0 Å². The first kappa shape index (κ1) is 19.6. The maximum Gasteiger partial charge on any atom is 0.328 e. The quantitative estimate of drug-likeness (QED) is 0.678. The van der Waals surface area contributed by atoms with Crippen molar-refractivity contribution in [2.24, 2.45) is 5.92 Å². The Morgan fingerprint density at radius 3 is 2.33 bits per heavy atom. The Morgan fingerprint density at radius 2 is 1.75 bits per heavy atom. The van der Waals surface area contributed by atoms with Crippen molar-refractivity contribution in [3.05, 3.63) is 35.9 Å². The van der Waals surface area contributed by atoms with E-state index in [0.29, 0.717) is 0 Å².